The van der Waals surface area contributed by atoms with Crippen molar-refractivity contribution in [2.75, 3.05) is 5.32 Å². The standard InChI is InChI=1S/C13H15N3O2/c1-2-6-10-11(17)15-13(16-12(10)18)14-9-7-4-3-5-8-9/h3-5,7-8H,2,6H2,1H3,(H3,14,15,16,17,18). The molecule has 5 heteroatoms. The van der Waals surface area contributed by atoms with Crippen molar-refractivity contribution in [2.24, 2.45) is 0 Å². The summed E-state index contributed by atoms with van der Waals surface area (Å²) in [4.78, 5) is 18.3. The summed E-state index contributed by atoms with van der Waals surface area (Å²) in [5.74, 6) is 0.0302. The van der Waals surface area contributed by atoms with Crippen LogP contribution >= 0.6 is 0 Å². The second-order valence-electron chi connectivity index (χ2n) is 3.96. The third-order valence-corrected chi connectivity index (χ3v) is 2.53. The predicted molar refractivity (Wildman–Crippen MR) is 70.2 cm³/mol. The number of para-hydroxylation sites is 1. The van der Waals surface area contributed by atoms with Crippen LogP contribution in [0.3, 0.4) is 0 Å². The molecule has 0 aliphatic carbocycles. The van der Waals surface area contributed by atoms with E-state index < -0.39 is 0 Å². The Morgan fingerprint density at radius 1 is 1.33 bits per heavy atom. The summed E-state index contributed by atoms with van der Waals surface area (Å²) in [6.07, 6.45) is 1.30. The molecule has 0 saturated heterocycles. The molecule has 0 fully saturated rings. The topological polar surface area (TPSA) is 78.0 Å². The molecule has 0 atom stereocenters. The first kappa shape index (κ1) is 12.2. The number of nitrogens with zero attached hydrogens (tertiary/aromatic N) is 1. The Labute approximate surface area is 105 Å². The van der Waals surface area contributed by atoms with Gasteiger partial charge >= 0.3 is 0 Å². The van der Waals surface area contributed by atoms with Crippen molar-refractivity contribution in [3.63, 3.8) is 0 Å². The second kappa shape index (κ2) is 5.35. The molecule has 5 nitrogen and oxygen atoms in total. The first-order valence-corrected chi connectivity index (χ1v) is 5.85. The second-order valence-corrected chi connectivity index (χ2v) is 3.96. The van der Waals surface area contributed by atoms with Gasteiger partial charge in [0, 0.05) is 5.69 Å². The number of H-pyrrole nitrogens is 1. The molecule has 0 radical (unpaired) electrons. The Morgan fingerprint density at radius 2 is 2.06 bits per heavy atom. The normalized spacial score (nSPS) is 10.3. The summed E-state index contributed by atoms with van der Waals surface area (Å²) in [5, 5.41) is 12.6. The van der Waals surface area contributed by atoms with Crippen molar-refractivity contribution >= 4 is 11.6 Å². The van der Waals surface area contributed by atoms with Gasteiger partial charge in [-0.3, -0.25) is 9.78 Å². The lowest BCUT2D eigenvalue weighted by Crippen LogP contribution is -2.16. The van der Waals surface area contributed by atoms with Crippen LogP contribution in [0.15, 0.2) is 35.1 Å². The quantitative estimate of drug-likeness (QED) is 0.771. The number of aromatic hydroxyl groups is 1. The first-order chi connectivity index (χ1) is 8.70. The zero-order valence-corrected chi connectivity index (χ0v) is 10.1. The molecule has 18 heavy (non-hydrogen) atoms. The van der Waals surface area contributed by atoms with E-state index >= 15 is 0 Å². The molecule has 1 aromatic heterocycles. The number of anilines is 2. The van der Waals surface area contributed by atoms with Crippen LogP contribution < -0.4 is 10.9 Å². The molecular formula is C13H15N3O2. The SMILES string of the molecule is CCCc1c(O)nc(Nc2ccccc2)[nH]c1=O. The van der Waals surface area contributed by atoms with Crippen LogP contribution in [0, 0.1) is 0 Å². The average Bonchev–Trinajstić information content (AvgIpc) is 2.35. The molecule has 1 aromatic carbocycles. The van der Waals surface area contributed by atoms with Gasteiger partial charge in [0.2, 0.25) is 11.8 Å². The molecule has 0 saturated carbocycles. The first-order valence-electron chi connectivity index (χ1n) is 5.85. The van der Waals surface area contributed by atoms with E-state index in [1.807, 2.05) is 37.3 Å². The van der Waals surface area contributed by atoms with Crippen molar-refractivity contribution in [1.82, 2.24) is 9.97 Å². The summed E-state index contributed by atoms with van der Waals surface area (Å²) in [5.41, 5.74) is 0.821. The maximum Gasteiger partial charge on any atom is 0.259 e. The van der Waals surface area contributed by atoms with E-state index in [2.05, 4.69) is 15.3 Å². The molecular weight excluding hydrogens is 230 g/mol. The fourth-order valence-electron chi connectivity index (χ4n) is 1.68. The van der Waals surface area contributed by atoms with Gasteiger partial charge in [0.05, 0.1) is 5.56 Å². The van der Waals surface area contributed by atoms with Crippen molar-refractivity contribution < 1.29 is 5.11 Å². The molecule has 2 rings (SSSR count). The third-order valence-electron chi connectivity index (χ3n) is 2.53. The van der Waals surface area contributed by atoms with Crippen LogP contribution in [0.25, 0.3) is 0 Å². The van der Waals surface area contributed by atoms with Crippen LogP contribution in [-0.2, 0) is 6.42 Å². The Kier molecular flexibility index (Phi) is 3.62. The van der Waals surface area contributed by atoms with Gasteiger partial charge in [0.15, 0.2) is 0 Å². The van der Waals surface area contributed by atoms with E-state index in [1.165, 1.54) is 0 Å². The fourth-order valence-corrected chi connectivity index (χ4v) is 1.68. The number of hydrogen-bond acceptors (Lipinski definition) is 4. The van der Waals surface area contributed by atoms with Crippen LogP contribution in [-0.4, -0.2) is 15.1 Å². The van der Waals surface area contributed by atoms with E-state index in [9.17, 15) is 9.90 Å². The minimum atomic E-state index is -0.303. The lowest BCUT2D eigenvalue weighted by Gasteiger charge is -2.07. The lowest BCUT2D eigenvalue weighted by molar-refractivity contribution is 0.443. The highest BCUT2D eigenvalue weighted by atomic mass is 16.3. The van der Waals surface area contributed by atoms with Crippen LogP contribution in [0.2, 0.25) is 0 Å². The molecule has 0 aliphatic heterocycles. The summed E-state index contributed by atoms with van der Waals surface area (Å²) < 4.78 is 0. The van der Waals surface area contributed by atoms with E-state index in [1.54, 1.807) is 0 Å². The predicted octanol–water partition coefficient (Wildman–Crippen LogP) is 2.17. The van der Waals surface area contributed by atoms with Gasteiger partial charge in [-0.15, -0.1) is 0 Å². The number of benzene rings is 1. The highest BCUT2D eigenvalue weighted by molar-refractivity contribution is 5.53. The van der Waals surface area contributed by atoms with E-state index in [0.29, 0.717) is 12.0 Å². The molecule has 0 aliphatic rings. The lowest BCUT2D eigenvalue weighted by atomic mass is 10.2. The molecule has 0 bridgehead atoms. The summed E-state index contributed by atoms with van der Waals surface area (Å²) >= 11 is 0. The Hall–Kier alpha value is -2.30. The highest BCUT2D eigenvalue weighted by Crippen LogP contribution is 2.16. The Bertz CT molecular complexity index is 579. The van der Waals surface area contributed by atoms with E-state index in [-0.39, 0.29) is 17.4 Å². The maximum atomic E-state index is 11.7. The molecule has 0 unspecified atom stereocenters. The molecule has 0 amide bonds. The van der Waals surface area contributed by atoms with Crippen molar-refractivity contribution in [3.8, 4) is 5.88 Å². The van der Waals surface area contributed by atoms with Gasteiger partial charge in [-0.1, -0.05) is 31.5 Å². The summed E-state index contributed by atoms with van der Waals surface area (Å²) in [7, 11) is 0. The molecule has 94 valence electrons. The average molecular weight is 245 g/mol. The van der Waals surface area contributed by atoms with E-state index in [0.717, 1.165) is 12.1 Å². The van der Waals surface area contributed by atoms with Crippen LogP contribution in [0.1, 0.15) is 18.9 Å². The number of hydrogen-bond donors (Lipinski definition) is 3. The number of nitrogens with one attached hydrogen (secondary N) is 2. The van der Waals surface area contributed by atoms with Crippen molar-refractivity contribution in [2.45, 2.75) is 19.8 Å². The maximum absolute atomic E-state index is 11.7. The highest BCUT2D eigenvalue weighted by Gasteiger charge is 2.09. The minimum Gasteiger partial charge on any atom is -0.493 e. The van der Waals surface area contributed by atoms with Crippen molar-refractivity contribution in [3.05, 3.63) is 46.2 Å². The third kappa shape index (κ3) is 2.68. The molecule has 2 aromatic rings. The molecule has 1 heterocycles. The smallest absolute Gasteiger partial charge is 0.259 e. The number of aromatic nitrogens is 2. The minimum absolute atomic E-state index is 0.209. The van der Waals surface area contributed by atoms with Crippen molar-refractivity contribution in [1.29, 1.82) is 0 Å². The van der Waals surface area contributed by atoms with Gasteiger partial charge in [0.1, 0.15) is 0 Å². The van der Waals surface area contributed by atoms with Gasteiger partial charge in [-0.2, -0.15) is 4.98 Å². The summed E-state index contributed by atoms with van der Waals surface area (Å²) in [6, 6.07) is 9.31. The number of aromatic amines is 1. The Morgan fingerprint density at radius 3 is 2.67 bits per heavy atom. The van der Waals surface area contributed by atoms with Gasteiger partial charge in [-0.25, -0.2) is 0 Å². The van der Waals surface area contributed by atoms with Gasteiger partial charge in [0.25, 0.3) is 5.56 Å². The Balaban J connectivity index is 2.28. The molecule has 3 N–H and O–H groups in total. The number of rotatable bonds is 4. The fraction of sp³-hybridized carbons (Fsp3) is 0.231. The van der Waals surface area contributed by atoms with Gasteiger partial charge < -0.3 is 10.4 Å². The van der Waals surface area contributed by atoms with E-state index in [4.69, 9.17) is 0 Å². The zero-order valence-electron chi connectivity index (χ0n) is 10.1. The summed E-state index contributed by atoms with van der Waals surface area (Å²) in [6.45, 7) is 1.94. The van der Waals surface area contributed by atoms with Gasteiger partial charge in [-0.05, 0) is 18.6 Å². The van der Waals surface area contributed by atoms with Crippen LogP contribution in [0.5, 0.6) is 5.88 Å². The monoisotopic (exact) mass is 245 g/mol. The molecule has 0 spiro atoms. The largest absolute Gasteiger partial charge is 0.493 e. The van der Waals surface area contributed by atoms with Crippen LogP contribution in [0.4, 0.5) is 11.6 Å². The zero-order chi connectivity index (χ0) is 13.0.